The number of likely N-dealkylation sites (N-methyl/N-ethyl adjacent to an activating group) is 1. The van der Waals surface area contributed by atoms with E-state index in [2.05, 4.69) is 48.7 Å². The van der Waals surface area contributed by atoms with E-state index in [1.807, 2.05) is 11.3 Å². The predicted molar refractivity (Wildman–Crippen MR) is 84.8 cm³/mol. The van der Waals surface area contributed by atoms with Crippen LogP contribution in [0.1, 0.15) is 49.9 Å². The van der Waals surface area contributed by atoms with Gasteiger partial charge in [-0.1, -0.05) is 25.8 Å². The Morgan fingerprint density at radius 2 is 2.16 bits per heavy atom. The van der Waals surface area contributed by atoms with Crippen molar-refractivity contribution >= 4 is 11.3 Å². The molecule has 1 N–H and O–H groups in total. The van der Waals surface area contributed by atoms with Gasteiger partial charge in [0.15, 0.2) is 0 Å². The Bertz CT molecular complexity index is 348. The molecule has 1 aromatic rings. The Morgan fingerprint density at radius 1 is 1.32 bits per heavy atom. The van der Waals surface area contributed by atoms with Crippen molar-refractivity contribution in [2.24, 2.45) is 5.92 Å². The van der Waals surface area contributed by atoms with Crippen molar-refractivity contribution in [2.45, 2.75) is 51.1 Å². The van der Waals surface area contributed by atoms with Gasteiger partial charge in [0.1, 0.15) is 0 Å². The zero-order valence-electron chi connectivity index (χ0n) is 12.6. The van der Waals surface area contributed by atoms with Gasteiger partial charge >= 0.3 is 0 Å². The SMILES string of the molecule is CC1CCCC(NCC(c2cccs2)N(C)C)CC1. The summed E-state index contributed by atoms with van der Waals surface area (Å²) in [5, 5.41) is 6.00. The highest BCUT2D eigenvalue weighted by molar-refractivity contribution is 7.10. The highest BCUT2D eigenvalue weighted by atomic mass is 32.1. The van der Waals surface area contributed by atoms with Crippen LogP contribution in [0.4, 0.5) is 0 Å². The largest absolute Gasteiger partial charge is 0.312 e. The Labute approximate surface area is 122 Å². The van der Waals surface area contributed by atoms with Crippen LogP contribution in [0.3, 0.4) is 0 Å². The fourth-order valence-corrected chi connectivity index (χ4v) is 3.91. The van der Waals surface area contributed by atoms with E-state index in [4.69, 9.17) is 0 Å². The van der Waals surface area contributed by atoms with E-state index in [1.54, 1.807) is 0 Å². The third kappa shape index (κ3) is 4.59. The van der Waals surface area contributed by atoms with Crippen molar-refractivity contribution in [1.29, 1.82) is 0 Å². The fraction of sp³-hybridized carbons (Fsp3) is 0.750. The Kier molecular flexibility index (Phi) is 5.86. The summed E-state index contributed by atoms with van der Waals surface area (Å²) in [6, 6.07) is 5.66. The molecule has 1 heterocycles. The van der Waals surface area contributed by atoms with Gasteiger partial charge in [-0.05, 0) is 50.7 Å². The van der Waals surface area contributed by atoms with Gasteiger partial charge in [0.05, 0.1) is 6.04 Å². The minimum Gasteiger partial charge on any atom is -0.312 e. The lowest BCUT2D eigenvalue weighted by Crippen LogP contribution is -2.36. The van der Waals surface area contributed by atoms with Gasteiger partial charge in [-0.15, -0.1) is 11.3 Å². The Morgan fingerprint density at radius 3 is 2.84 bits per heavy atom. The Balaban J connectivity index is 1.85. The van der Waals surface area contributed by atoms with Crippen LogP contribution in [-0.2, 0) is 0 Å². The van der Waals surface area contributed by atoms with Gasteiger partial charge in [0.2, 0.25) is 0 Å². The van der Waals surface area contributed by atoms with Gasteiger partial charge in [0, 0.05) is 17.5 Å². The molecule has 1 aliphatic rings. The first-order valence-corrected chi connectivity index (χ1v) is 8.48. The number of nitrogens with zero attached hydrogens (tertiary/aromatic N) is 1. The van der Waals surface area contributed by atoms with Crippen LogP contribution in [0.25, 0.3) is 0 Å². The molecule has 108 valence electrons. The maximum atomic E-state index is 3.82. The van der Waals surface area contributed by atoms with Crippen LogP contribution in [0.15, 0.2) is 17.5 Å². The van der Waals surface area contributed by atoms with Crippen molar-refractivity contribution in [3.05, 3.63) is 22.4 Å². The molecule has 0 aromatic carbocycles. The monoisotopic (exact) mass is 280 g/mol. The van der Waals surface area contributed by atoms with Crippen molar-refractivity contribution in [3.63, 3.8) is 0 Å². The number of thiophene rings is 1. The zero-order valence-corrected chi connectivity index (χ0v) is 13.4. The van der Waals surface area contributed by atoms with Crippen LogP contribution in [-0.4, -0.2) is 31.6 Å². The standard InChI is InChI=1S/C16H28N2S/c1-13-6-4-7-14(10-9-13)17-12-15(18(2)3)16-8-5-11-19-16/h5,8,11,13-15,17H,4,6-7,9-10,12H2,1-3H3. The predicted octanol–water partition coefficient (Wildman–Crippen LogP) is 3.91. The molecule has 0 saturated heterocycles. The summed E-state index contributed by atoms with van der Waals surface area (Å²) < 4.78 is 0. The van der Waals surface area contributed by atoms with E-state index >= 15 is 0 Å². The van der Waals surface area contributed by atoms with Crippen LogP contribution in [0.5, 0.6) is 0 Å². The summed E-state index contributed by atoms with van der Waals surface area (Å²) >= 11 is 1.87. The van der Waals surface area contributed by atoms with Crippen LogP contribution in [0.2, 0.25) is 0 Å². The van der Waals surface area contributed by atoms with Crippen molar-refractivity contribution < 1.29 is 0 Å². The number of rotatable bonds is 5. The van der Waals surface area contributed by atoms with Crippen molar-refractivity contribution in [1.82, 2.24) is 10.2 Å². The first-order valence-electron chi connectivity index (χ1n) is 7.60. The topological polar surface area (TPSA) is 15.3 Å². The second kappa shape index (κ2) is 7.41. The molecule has 1 aliphatic carbocycles. The molecule has 0 bridgehead atoms. The van der Waals surface area contributed by atoms with Gasteiger partial charge < -0.3 is 10.2 Å². The summed E-state index contributed by atoms with van der Waals surface area (Å²) in [6.07, 6.45) is 6.91. The summed E-state index contributed by atoms with van der Waals surface area (Å²) in [5.74, 6) is 0.925. The molecule has 1 aromatic heterocycles. The highest BCUT2D eigenvalue weighted by Crippen LogP contribution is 2.25. The maximum absolute atomic E-state index is 3.82. The summed E-state index contributed by atoms with van der Waals surface area (Å²) in [6.45, 7) is 3.48. The summed E-state index contributed by atoms with van der Waals surface area (Å²) in [4.78, 5) is 3.80. The summed E-state index contributed by atoms with van der Waals surface area (Å²) in [7, 11) is 4.36. The number of hydrogen-bond donors (Lipinski definition) is 1. The molecule has 0 aliphatic heterocycles. The molecule has 3 atom stereocenters. The molecule has 1 fully saturated rings. The molecule has 0 spiro atoms. The van der Waals surface area contributed by atoms with E-state index in [9.17, 15) is 0 Å². The molecular weight excluding hydrogens is 252 g/mol. The van der Waals surface area contributed by atoms with Crippen LogP contribution < -0.4 is 5.32 Å². The first-order chi connectivity index (χ1) is 9.16. The summed E-state index contributed by atoms with van der Waals surface area (Å²) in [5.41, 5.74) is 0. The molecule has 3 unspecified atom stereocenters. The number of nitrogens with one attached hydrogen (secondary N) is 1. The molecule has 0 amide bonds. The molecule has 3 heteroatoms. The minimum atomic E-state index is 0.515. The minimum absolute atomic E-state index is 0.515. The second-order valence-corrected chi connectivity index (χ2v) is 7.19. The van der Waals surface area contributed by atoms with Gasteiger partial charge in [0.25, 0.3) is 0 Å². The Hall–Kier alpha value is -0.380. The van der Waals surface area contributed by atoms with Crippen molar-refractivity contribution in [2.75, 3.05) is 20.6 Å². The maximum Gasteiger partial charge on any atom is 0.0561 e. The van der Waals surface area contributed by atoms with E-state index in [1.165, 1.54) is 37.0 Å². The highest BCUT2D eigenvalue weighted by Gasteiger charge is 2.19. The van der Waals surface area contributed by atoms with E-state index < -0.39 is 0 Å². The van der Waals surface area contributed by atoms with Crippen LogP contribution >= 0.6 is 11.3 Å². The third-order valence-corrected chi connectivity index (χ3v) is 5.33. The fourth-order valence-electron chi connectivity index (χ4n) is 2.99. The van der Waals surface area contributed by atoms with E-state index in [0.29, 0.717) is 6.04 Å². The van der Waals surface area contributed by atoms with Gasteiger partial charge in [-0.25, -0.2) is 0 Å². The number of hydrogen-bond acceptors (Lipinski definition) is 3. The normalized spacial score (nSPS) is 26.3. The lowest BCUT2D eigenvalue weighted by atomic mass is 10.0. The van der Waals surface area contributed by atoms with Crippen molar-refractivity contribution in [3.8, 4) is 0 Å². The quantitative estimate of drug-likeness (QED) is 0.823. The molecular formula is C16H28N2S. The smallest absolute Gasteiger partial charge is 0.0561 e. The molecule has 1 saturated carbocycles. The molecule has 2 rings (SSSR count). The van der Waals surface area contributed by atoms with Gasteiger partial charge in [-0.3, -0.25) is 0 Å². The van der Waals surface area contributed by atoms with E-state index in [-0.39, 0.29) is 0 Å². The lowest BCUT2D eigenvalue weighted by molar-refractivity contribution is 0.278. The molecule has 2 nitrogen and oxygen atoms in total. The third-order valence-electron chi connectivity index (χ3n) is 4.35. The molecule has 19 heavy (non-hydrogen) atoms. The molecule has 0 radical (unpaired) electrons. The zero-order chi connectivity index (χ0) is 13.7. The average molecular weight is 280 g/mol. The first kappa shape index (κ1) is 15.0. The second-order valence-electron chi connectivity index (χ2n) is 6.21. The van der Waals surface area contributed by atoms with Gasteiger partial charge in [-0.2, -0.15) is 0 Å². The van der Waals surface area contributed by atoms with E-state index in [0.717, 1.165) is 18.5 Å². The van der Waals surface area contributed by atoms with Crippen LogP contribution in [0, 0.1) is 5.92 Å². The average Bonchev–Trinajstić information content (AvgIpc) is 2.80. The lowest BCUT2D eigenvalue weighted by Gasteiger charge is -2.26.